The number of nitrogens with one attached hydrogen (secondary N) is 3. The number of carbonyl (C=O) groups is 1. The van der Waals surface area contributed by atoms with Crippen LogP contribution in [0.1, 0.15) is 15.9 Å². The number of aromatic amines is 2. The van der Waals surface area contributed by atoms with Gasteiger partial charge in [-0.3, -0.25) is 24.7 Å². The summed E-state index contributed by atoms with van der Waals surface area (Å²) in [5, 5.41) is 23.6. The largest absolute Gasteiger partial charge is 0.494 e. The number of amides is 1. The van der Waals surface area contributed by atoms with Gasteiger partial charge in [-0.15, -0.1) is 0 Å². The number of rotatable bonds is 4. The third kappa shape index (κ3) is 3.85. The van der Waals surface area contributed by atoms with Gasteiger partial charge in [-0.05, 0) is 24.4 Å². The number of carbonyl (C=O) groups excluding carboxylic acids is 1. The molecule has 1 aromatic heterocycles. The molecule has 0 aliphatic carbocycles. The maximum Gasteiger partial charge on any atom is 0.271 e. The van der Waals surface area contributed by atoms with Crippen molar-refractivity contribution in [1.29, 1.82) is 0 Å². The van der Waals surface area contributed by atoms with Gasteiger partial charge in [0.05, 0.1) is 11.1 Å². The summed E-state index contributed by atoms with van der Waals surface area (Å²) in [7, 11) is 0. The second-order valence-electron chi connectivity index (χ2n) is 4.17. The molecule has 118 valence electrons. The maximum absolute atomic E-state index is 11.8. The van der Waals surface area contributed by atoms with E-state index in [0.717, 1.165) is 6.21 Å². The number of nitro benzene ring substituents is 1. The number of non-ortho nitro benzene ring substituents is 1. The van der Waals surface area contributed by atoms with Crippen LogP contribution in [0.15, 0.2) is 34.2 Å². The lowest BCUT2D eigenvalue weighted by molar-refractivity contribution is -0.384. The first-order valence-corrected chi connectivity index (χ1v) is 6.42. The topological polar surface area (TPSA) is 153 Å². The summed E-state index contributed by atoms with van der Waals surface area (Å²) in [6.07, 6.45) is 0.933. The van der Waals surface area contributed by atoms with Crippen molar-refractivity contribution >= 4 is 30.0 Å². The van der Waals surface area contributed by atoms with Crippen LogP contribution in [0.25, 0.3) is 0 Å². The van der Waals surface area contributed by atoms with Gasteiger partial charge in [0.2, 0.25) is 5.88 Å². The second kappa shape index (κ2) is 6.62. The number of hydrazone groups is 1. The fourth-order valence-corrected chi connectivity index (χ4v) is 1.75. The Hall–Kier alpha value is -3.34. The van der Waals surface area contributed by atoms with E-state index < -0.39 is 22.3 Å². The zero-order valence-corrected chi connectivity index (χ0v) is 12.1. The van der Waals surface area contributed by atoms with Gasteiger partial charge in [-0.25, -0.2) is 5.43 Å². The molecule has 1 heterocycles. The first-order valence-electron chi connectivity index (χ1n) is 6.02. The molecule has 2 aromatic rings. The van der Waals surface area contributed by atoms with Crippen LogP contribution in [0.2, 0.25) is 0 Å². The van der Waals surface area contributed by atoms with Crippen molar-refractivity contribution < 1.29 is 14.8 Å². The number of hydrogen-bond donors (Lipinski definition) is 4. The molecule has 0 fully saturated rings. The number of H-pyrrole nitrogens is 2. The predicted molar refractivity (Wildman–Crippen MR) is 82.1 cm³/mol. The SMILES string of the molecule is O=C(NN=Cc1c(O)[nH]c(=S)[nH]c1=O)c1ccc([N+](=O)[O-])cc1. The van der Waals surface area contributed by atoms with Crippen LogP contribution in [0.4, 0.5) is 5.69 Å². The molecule has 0 saturated carbocycles. The molecule has 2 rings (SSSR count). The zero-order valence-electron chi connectivity index (χ0n) is 11.3. The summed E-state index contributed by atoms with van der Waals surface area (Å²) in [6.45, 7) is 0. The lowest BCUT2D eigenvalue weighted by atomic mass is 10.2. The van der Waals surface area contributed by atoms with E-state index in [0.29, 0.717) is 0 Å². The molecule has 23 heavy (non-hydrogen) atoms. The van der Waals surface area contributed by atoms with E-state index in [1.807, 2.05) is 0 Å². The van der Waals surface area contributed by atoms with Crippen LogP contribution >= 0.6 is 12.2 Å². The first-order chi connectivity index (χ1) is 10.9. The van der Waals surface area contributed by atoms with Crippen LogP contribution in [-0.2, 0) is 0 Å². The van der Waals surface area contributed by atoms with E-state index in [2.05, 4.69) is 32.7 Å². The highest BCUT2D eigenvalue weighted by Gasteiger charge is 2.09. The van der Waals surface area contributed by atoms with Gasteiger partial charge in [0.25, 0.3) is 17.2 Å². The molecule has 0 atom stereocenters. The molecular formula is C12H9N5O5S. The number of aromatic hydroxyl groups is 1. The van der Waals surface area contributed by atoms with Crippen molar-refractivity contribution in [2.75, 3.05) is 0 Å². The van der Waals surface area contributed by atoms with Gasteiger partial charge < -0.3 is 10.1 Å². The van der Waals surface area contributed by atoms with E-state index in [-0.39, 0.29) is 21.6 Å². The molecule has 10 nitrogen and oxygen atoms in total. The predicted octanol–water partition coefficient (Wildman–Crippen LogP) is 0.810. The molecular weight excluding hydrogens is 326 g/mol. The van der Waals surface area contributed by atoms with E-state index in [1.165, 1.54) is 24.3 Å². The molecule has 0 radical (unpaired) electrons. The van der Waals surface area contributed by atoms with Crippen LogP contribution in [0.3, 0.4) is 0 Å². The molecule has 1 amide bonds. The number of benzene rings is 1. The lowest BCUT2D eigenvalue weighted by Gasteiger charge is -2.00. The van der Waals surface area contributed by atoms with Gasteiger partial charge in [0, 0.05) is 17.7 Å². The first kappa shape index (κ1) is 16.0. The van der Waals surface area contributed by atoms with Gasteiger partial charge in [-0.1, -0.05) is 0 Å². The van der Waals surface area contributed by atoms with Crippen molar-refractivity contribution in [3.8, 4) is 5.88 Å². The molecule has 0 saturated heterocycles. The fraction of sp³-hybridized carbons (Fsp3) is 0. The molecule has 0 spiro atoms. The highest BCUT2D eigenvalue weighted by atomic mass is 32.1. The van der Waals surface area contributed by atoms with Crippen LogP contribution < -0.4 is 11.0 Å². The molecule has 0 aliphatic rings. The Balaban J connectivity index is 2.11. The summed E-state index contributed by atoms with van der Waals surface area (Å²) in [5.41, 5.74) is 1.21. The monoisotopic (exact) mass is 335 g/mol. The smallest absolute Gasteiger partial charge is 0.271 e. The Kier molecular flexibility index (Phi) is 4.61. The highest BCUT2D eigenvalue weighted by molar-refractivity contribution is 7.71. The number of aromatic nitrogens is 2. The third-order valence-electron chi connectivity index (χ3n) is 2.66. The minimum atomic E-state index is -0.681. The van der Waals surface area contributed by atoms with Crippen molar-refractivity contribution in [1.82, 2.24) is 15.4 Å². The summed E-state index contributed by atoms with van der Waals surface area (Å²) >= 11 is 4.66. The number of nitrogens with zero attached hydrogens (tertiary/aromatic N) is 2. The average Bonchev–Trinajstić information content (AvgIpc) is 2.49. The maximum atomic E-state index is 11.8. The van der Waals surface area contributed by atoms with Crippen molar-refractivity contribution in [2.24, 2.45) is 5.10 Å². The lowest BCUT2D eigenvalue weighted by Crippen LogP contribution is -2.19. The molecule has 1 aromatic carbocycles. The zero-order chi connectivity index (χ0) is 17.0. The van der Waals surface area contributed by atoms with Crippen molar-refractivity contribution in [3.63, 3.8) is 0 Å². The number of nitro groups is 1. The van der Waals surface area contributed by atoms with Crippen LogP contribution in [0, 0.1) is 14.9 Å². The molecule has 11 heteroatoms. The third-order valence-corrected chi connectivity index (χ3v) is 2.86. The van der Waals surface area contributed by atoms with Gasteiger partial charge in [-0.2, -0.15) is 5.10 Å². The van der Waals surface area contributed by atoms with Crippen LogP contribution in [0.5, 0.6) is 5.88 Å². The Morgan fingerprint density at radius 2 is 2.00 bits per heavy atom. The van der Waals surface area contributed by atoms with E-state index in [1.54, 1.807) is 0 Å². The average molecular weight is 335 g/mol. The van der Waals surface area contributed by atoms with Crippen LogP contribution in [-0.4, -0.2) is 32.1 Å². The second-order valence-corrected chi connectivity index (χ2v) is 4.58. The normalized spacial score (nSPS) is 10.6. The molecule has 0 unspecified atom stereocenters. The van der Waals surface area contributed by atoms with Gasteiger partial charge in [0.1, 0.15) is 5.56 Å². The molecule has 0 aliphatic heterocycles. The summed E-state index contributed by atoms with van der Waals surface area (Å²) in [6, 6.07) is 4.86. The summed E-state index contributed by atoms with van der Waals surface area (Å²) in [4.78, 5) is 37.8. The van der Waals surface area contributed by atoms with E-state index in [9.17, 15) is 24.8 Å². The quantitative estimate of drug-likeness (QED) is 0.280. The minimum absolute atomic E-state index is 0.0560. The van der Waals surface area contributed by atoms with Gasteiger partial charge in [0.15, 0.2) is 4.77 Å². The Labute approximate surface area is 132 Å². The summed E-state index contributed by atoms with van der Waals surface area (Å²) < 4.78 is -0.0560. The number of hydrogen-bond acceptors (Lipinski definition) is 7. The fourth-order valence-electron chi connectivity index (χ4n) is 1.56. The Morgan fingerprint density at radius 1 is 1.35 bits per heavy atom. The molecule has 0 bridgehead atoms. The Morgan fingerprint density at radius 3 is 2.57 bits per heavy atom. The summed E-state index contributed by atoms with van der Waals surface area (Å²) in [5.74, 6) is -1.14. The van der Waals surface area contributed by atoms with Crippen molar-refractivity contribution in [2.45, 2.75) is 0 Å². The van der Waals surface area contributed by atoms with Gasteiger partial charge >= 0.3 is 0 Å². The highest BCUT2D eigenvalue weighted by Crippen LogP contribution is 2.11. The standard InChI is InChI=1S/C12H9N5O5S/c18-9(6-1-3-7(4-2-6)17(21)22)16-13-5-8-10(19)14-12(23)15-11(8)20/h1-5H,(H,16,18)(H3,14,15,19,20,23). The molecule has 4 N–H and O–H groups in total. The van der Waals surface area contributed by atoms with E-state index in [4.69, 9.17) is 0 Å². The van der Waals surface area contributed by atoms with E-state index >= 15 is 0 Å². The Bertz CT molecular complexity index is 899. The minimum Gasteiger partial charge on any atom is -0.494 e. The van der Waals surface area contributed by atoms with Crippen molar-refractivity contribution in [3.05, 3.63) is 60.6 Å².